The quantitative estimate of drug-likeness (QED) is 0.526. The first-order valence-corrected chi connectivity index (χ1v) is 9.18. The third-order valence-corrected chi connectivity index (χ3v) is 4.78. The molecule has 0 aliphatic heterocycles. The van der Waals surface area contributed by atoms with E-state index >= 15 is 0 Å². The van der Waals surface area contributed by atoms with Crippen molar-refractivity contribution in [1.29, 1.82) is 0 Å². The van der Waals surface area contributed by atoms with Crippen molar-refractivity contribution in [2.75, 3.05) is 17.6 Å². The highest BCUT2D eigenvalue weighted by atomic mass is 127. The number of nitrogens with one attached hydrogen (secondary N) is 1. The number of aromatic nitrogens is 2. The summed E-state index contributed by atoms with van der Waals surface area (Å²) in [4.78, 5) is 9.40. The monoisotopic (exact) mass is 393 g/mol. The van der Waals surface area contributed by atoms with Gasteiger partial charge in [-0.2, -0.15) is 11.8 Å². The Labute approximate surface area is 134 Å². The summed E-state index contributed by atoms with van der Waals surface area (Å²) < 4.78 is 1.18. The van der Waals surface area contributed by atoms with Gasteiger partial charge < -0.3 is 5.32 Å². The molecule has 0 saturated heterocycles. The summed E-state index contributed by atoms with van der Waals surface area (Å²) in [6, 6.07) is 0. The zero-order valence-corrected chi connectivity index (χ0v) is 15.3. The maximum atomic E-state index is 4.75. The van der Waals surface area contributed by atoms with E-state index in [-0.39, 0.29) is 0 Å². The number of halogens is 1. The first-order chi connectivity index (χ1) is 9.08. The van der Waals surface area contributed by atoms with E-state index in [1.807, 2.05) is 11.8 Å². The van der Waals surface area contributed by atoms with Crippen LogP contribution in [0.15, 0.2) is 0 Å². The lowest BCUT2D eigenvalue weighted by atomic mass is 10.1. The van der Waals surface area contributed by atoms with Crippen LogP contribution in [0.4, 0.5) is 5.82 Å². The van der Waals surface area contributed by atoms with E-state index in [4.69, 9.17) is 4.98 Å². The molecule has 1 aromatic heterocycles. The minimum absolute atomic E-state index is 0.619. The van der Waals surface area contributed by atoms with Crippen LogP contribution in [0.1, 0.15) is 45.6 Å². The number of nitrogens with zero attached hydrogens (tertiary/aromatic N) is 2. The molecule has 3 nitrogen and oxygen atoms in total. The number of thioether (sulfide) groups is 1. The summed E-state index contributed by atoms with van der Waals surface area (Å²) in [5.74, 6) is 4.67. The molecule has 0 fully saturated rings. The van der Waals surface area contributed by atoms with Gasteiger partial charge in [-0.1, -0.05) is 20.8 Å². The molecule has 0 aromatic carbocycles. The Bertz CT molecular complexity index is 397. The fraction of sp³-hybridized carbons (Fsp3) is 0.714. The van der Waals surface area contributed by atoms with Crippen molar-refractivity contribution in [2.45, 2.75) is 46.3 Å². The lowest BCUT2D eigenvalue weighted by Crippen LogP contribution is -2.11. The van der Waals surface area contributed by atoms with Crippen molar-refractivity contribution in [3.05, 3.63) is 15.1 Å². The van der Waals surface area contributed by atoms with Gasteiger partial charge in [-0.25, -0.2) is 9.97 Å². The second-order valence-electron chi connectivity index (χ2n) is 4.93. The van der Waals surface area contributed by atoms with Crippen LogP contribution in [0.5, 0.6) is 0 Å². The standard InChI is InChI=1S/C14H24IN3S/c1-5-7-19-9-12-17-11(8-10(3)4)13(15)14(18-12)16-6-2/h10H,5-9H2,1-4H3,(H,16,17,18). The molecule has 1 aromatic rings. The van der Waals surface area contributed by atoms with E-state index in [0.29, 0.717) is 5.92 Å². The van der Waals surface area contributed by atoms with Crippen LogP contribution in [-0.4, -0.2) is 22.3 Å². The maximum absolute atomic E-state index is 4.75. The lowest BCUT2D eigenvalue weighted by molar-refractivity contribution is 0.629. The van der Waals surface area contributed by atoms with E-state index in [2.05, 4.69) is 60.6 Å². The summed E-state index contributed by atoms with van der Waals surface area (Å²) in [7, 11) is 0. The molecule has 1 N–H and O–H groups in total. The Balaban J connectivity index is 2.93. The van der Waals surface area contributed by atoms with Gasteiger partial charge in [0.15, 0.2) is 0 Å². The average molecular weight is 393 g/mol. The predicted octanol–water partition coefficient (Wildman–Crippen LogP) is 4.35. The molecule has 0 radical (unpaired) electrons. The van der Waals surface area contributed by atoms with E-state index < -0.39 is 0 Å². The molecular weight excluding hydrogens is 369 g/mol. The van der Waals surface area contributed by atoms with Gasteiger partial charge in [0.05, 0.1) is 15.0 Å². The molecule has 0 aliphatic carbocycles. The van der Waals surface area contributed by atoms with Crippen LogP contribution >= 0.6 is 34.4 Å². The first kappa shape index (κ1) is 17.0. The minimum Gasteiger partial charge on any atom is -0.369 e. The molecule has 0 unspecified atom stereocenters. The smallest absolute Gasteiger partial charge is 0.143 e. The molecule has 0 saturated carbocycles. The summed E-state index contributed by atoms with van der Waals surface area (Å²) in [5, 5.41) is 3.35. The molecular formula is C14H24IN3S. The van der Waals surface area contributed by atoms with Crippen LogP contribution in [0.2, 0.25) is 0 Å². The molecule has 0 bridgehead atoms. The number of rotatable bonds is 8. The van der Waals surface area contributed by atoms with Crippen LogP contribution in [0.3, 0.4) is 0 Å². The Morgan fingerprint density at radius 3 is 2.58 bits per heavy atom. The van der Waals surface area contributed by atoms with Gasteiger partial charge in [0.2, 0.25) is 0 Å². The Morgan fingerprint density at radius 1 is 1.26 bits per heavy atom. The van der Waals surface area contributed by atoms with E-state index in [1.165, 1.54) is 21.4 Å². The molecule has 0 atom stereocenters. The third-order valence-electron chi connectivity index (χ3n) is 2.49. The van der Waals surface area contributed by atoms with Gasteiger partial charge >= 0.3 is 0 Å². The topological polar surface area (TPSA) is 37.8 Å². The van der Waals surface area contributed by atoms with Gasteiger partial charge in [-0.3, -0.25) is 0 Å². The maximum Gasteiger partial charge on any atom is 0.143 e. The van der Waals surface area contributed by atoms with Gasteiger partial charge in [0.25, 0.3) is 0 Å². The number of hydrogen-bond donors (Lipinski definition) is 1. The van der Waals surface area contributed by atoms with Crippen LogP contribution < -0.4 is 5.32 Å². The van der Waals surface area contributed by atoms with Crippen LogP contribution in [-0.2, 0) is 12.2 Å². The molecule has 0 amide bonds. The molecule has 0 spiro atoms. The van der Waals surface area contributed by atoms with Crippen LogP contribution in [0, 0.1) is 9.49 Å². The van der Waals surface area contributed by atoms with Crippen molar-refractivity contribution in [2.24, 2.45) is 5.92 Å². The third kappa shape index (κ3) is 5.85. The zero-order valence-electron chi connectivity index (χ0n) is 12.3. The van der Waals surface area contributed by atoms with Crippen molar-refractivity contribution >= 4 is 40.2 Å². The minimum atomic E-state index is 0.619. The second-order valence-corrected chi connectivity index (χ2v) is 7.11. The van der Waals surface area contributed by atoms with Gasteiger partial charge in [0, 0.05) is 6.54 Å². The average Bonchev–Trinajstić information content (AvgIpc) is 2.35. The normalized spacial score (nSPS) is 11.1. The lowest BCUT2D eigenvalue weighted by Gasteiger charge is -2.13. The van der Waals surface area contributed by atoms with E-state index in [1.54, 1.807) is 0 Å². The Hall–Kier alpha value is -0.0400. The van der Waals surface area contributed by atoms with Gasteiger partial charge in [-0.15, -0.1) is 0 Å². The van der Waals surface area contributed by atoms with Crippen molar-refractivity contribution in [1.82, 2.24) is 9.97 Å². The zero-order chi connectivity index (χ0) is 14.3. The predicted molar refractivity (Wildman–Crippen MR) is 93.9 cm³/mol. The summed E-state index contributed by atoms with van der Waals surface area (Å²) in [6.45, 7) is 9.67. The first-order valence-electron chi connectivity index (χ1n) is 6.95. The summed E-state index contributed by atoms with van der Waals surface area (Å²) in [6.07, 6.45) is 2.22. The number of anilines is 1. The largest absolute Gasteiger partial charge is 0.369 e. The molecule has 1 heterocycles. The SMILES string of the molecule is CCCSCc1nc(CC(C)C)c(I)c(NCC)n1. The molecule has 5 heteroatoms. The molecule has 19 heavy (non-hydrogen) atoms. The van der Waals surface area contributed by atoms with E-state index in [0.717, 1.165) is 30.4 Å². The Kier molecular flexibility index (Phi) is 8.06. The highest BCUT2D eigenvalue weighted by molar-refractivity contribution is 14.1. The van der Waals surface area contributed by atoms with Crippen molar-refractivity contribution in [3.63, 3.8) is 0 Å². The fourth-order valence-corrected chi connectivity index (χ4v) is 3.12. The van der Waals surface area contributed by atoms with Gasteiger partial charge in [0.1, 0.15) is 11.6 Å². The van der Waals surface area contributed by atoms with Gasteiger partial charge in [-0.05, 0) is 54.0 Å². The highest BCUT2D eigenvalue weighted by Gasteiger charge is 2.13. The second kappa shape index (κ2) is 9.00. The van der Waals surface area contributed by atoms with Crippen LogP contribution in [0.25, 0.3) is 0 Å². The highest BCUT2D eigenvalue weighted by Crippen LogP contribution is 2.23. The summed E-state index contributed by atoms with van der Waals surface area (Å²) >= 11 is 4.28. The Morgan fingerprint density at radius 2 is 2.00 bits per heavy atom. The molecule has 0 aliphatic rings. The molecule has 108 valence electrons. The fourth-order valence-electron chi connectivity index (χ4n) is 1.72. The summed E-state index contributed by atoms with van der Waals surface area (Å²) in [5.41, 5.74) is 1.19. The molecule has 1 rings (SSSR count). The van der Waals surface area contributed by atoms with E-state index in [9.17, 15) is 0 Å². The van der Waals surface area contributed by atoms with Crippen molar-refractivity contribution < 1.29 is 0 Å². The van der Waals surface area contributed by atoms with Crippen molar-refractivity contribution in [3.8, 4) is 0 Å². The number of hydrogen-bond acceptors (Lipinski definition) is 4.